The molecule has 6 rings (SSSR count). The van der Waals surface area contributed by atoms with Crippen molar-refractivity contribution in [1.29, 1.82) is 0 Å². The van der Waals surface area contributed by atoms with Gasteiger partial charge in [-0.3, -0.25) is 14.7 Å². The zero-order valence-corrected chi connectivity index (χ0v) is 21.9. The maximum atomic E-state index is 13.0. The number of nitrogens with zero attached hydrogens (tertiary/aromatic N) is 6. The Bertz CT molecular complexity index is 1240. The van der Waals surface area contributed by atoms with Crippen molar-refractivity contribution in [3.05, 3.63) is 54.0 Å². The Labute approximate surface area is 222 Å². The van der Waals surface area contributed by atoms with Crippen LogP contribution in [0.25, 0.3) is 0 Å². The number of hydrazine groups is 1. The number of amides is 1. The summed E-state index contributed by atoms with van der Waals surface area (Å²) in [6.45, 7) is 4.79. The molecule has 200 valence electrons. The fraction of sp³-hybridized carbons (Fsp3) is 0.500. The fourth-order valence-corrected chi connectivity index (χ4v) is 5.56. The van der Waals surface area contributed by atoms with Gasteiger partial charge >= 0.3 is 0 Å². The molecule has 2 aromatic rings. The molecule has 5 N–H and O–H groups in total. The van der Waals surface area contributed by atoms with Gasteiger partial charge in [-0.25, -0.2) is 20.4 Å². The number of anilines is 3. The van der Waals surface area contributed by atoms with E-state index in [0.29, 0.717) is 29.3 Å². The largest absolute Gasteiger partial charge is 0.382 e. The minimum atomic E-state index is -0.240. The van der Waals surface area contributed by atoms with E-state index in [0.717, 1.165) is 30.2 Å². The third kappa shape index (κ3) is 5.01. The van der Waals surface area contributed by atoms with Crippen LogP contribution in [-0.4, -0.2) is 69.0 Å². The Morgan fingerprint density at radius 2 is 2.03 bits per heavy atom. The molecular formula is C26H35N11O. The van der Waals surface area contributed by atoms with E-state index < -0.39 is 0 Å². The highest BCUT2D eigenvalue weighted by atomic mass is 16.1. The molecule has 12 nitrogen and oxygen atoms in total. The lowest BCUT2D eigenvalue weighted by molar-refractivity contribution is -0.117. The van der Waals surface area contributed by atoms with Gasteiger partial charge in [0.2, 0.25) is 5.95 Å². The highest BCUT2D eigenvalue weighted by Crippen LogP contribution is 2.47. The van der Waals surface area contributed by atoms with Gasteiger partial charge in [0.1, 0.15) is 12.5 Å². The van der Waals surface area contributed by atoms with Crippen LogP contribution in [0.15, 0.2) is 48.5 Å². The third-order valence-corrected chi connectivity index (χ3v) is 7.89. The maximum absolute atomic E-state index is 13.0. The van der Waals surface area contributed by atoms with Crippen LogP contribution in [0.5, 0.6) is 0 Å². The standard InChI is InChI=1S/C26H35N11O/c1-17-21(11-18(12-30-17)24(38)29-8-10-37-9-4-3-5-26(37)6-7-26)33-22-20-15-31-25(34-23(20)36(2)35-22)32-19-13-27-16-28-14-19/h11-17,22,30,33,35H,3-10H2,1-2H3,(H,29,38)(H,31,32,34). The first kappa shape index (κ1) is 24.6. The number of carbonyl (C=O) groups is 1. The predicted molar refractivity (Wildman–Crippen MR) is 144 cm³/mol. The highest BCUT2D eigenvalue weighted by Gasteiger charge is 2.48. The smallest absolute Gasteiger partial charge is 0.252 e. The molecule has 2 atom stereocenters. The Morgan fingerprint density at radius 3 is 2.84 bits per heavy atom. The van der Waals surface area contributed by atoms with E-state index in [1.807, 2.05) is 18.1 Å². The van der Waals surface area contributed by atoms with E-state index in [-0.39, 0.29) is 18.1 Å². The summed E-state index contributed by atoms with van der Waals surface area (Å²) in [5, 5.41) is 14.9. The van der Waals surface area contributed by atoms with Crippen LogP contribution in [0.3, 0.4) is 0 Å². The van der Waals surface area contributed by atoms with Crippen LogP contribution >= 0.6 is 0 Å². The number of aromatic nitrogens is 4. The lowest BCUT2D eigenvalue weighted by Crippen LogP contribution is -2.46. The van der Waals surface area contributed by atoms with Crippen molar-refractivity contribution in [2.45, 2.75) is 56.8 Å². The molecule has 1 spiro atoms. The van der Waals surface area contributed by atoms with E-state index in [9.17, 15) is 4.79 Å². The molecule has 2 fully saturated rings. The summed E-state index contributed by atoms with van der Waals surface area (Å²) in [7, 11) is 1.91. The Balaban J connectivity index is 1.08. The first-order valence-corrected chi connectivity index (χ1v) is 13.4. The van der Waals surface area contributed by atoms with Gasteiger partial charge in [0, 0.05) is 43.8 Å². The van der Waals surface area contributed by atoms with E-state index >= 15 is 0 Å². The molecule has 12 heteroatoms. The van der Waals surface area contributed by atoms with Crippen LogP contribution in [0.4, 0.5) is 17.5 Å². The van der Waals surface area contributed by atoms with Crippen molar-refractivity contribution in [1.82, 2.24) is 46.2 Å². The number of carbonyl (C=O) groups excluding carboxylic acids is 1. The van der Waals surface area contributed by atoms with Crippen molar-refractivity contribution in [2.24, 2.45) is 0 Å². The van der Waals surface area contributed by atoms with Crippen molar-refractivity contribution in [3.8, 4) is 0 Å². The van der Waals surface area contributed by atoms with Crippen molar-refractivity contribution >= 4 is 23.4 Å². The van der Waals surface area contributed by atoms with E-state index in [4.69, 9.17) is 0 Å². The van der Waals surface area contributed by atoms with Crippen LogP contribution in [0.1, 0.15) is 50.8 Å². The molecule has 1 saturated carbocycles. The van der Waals surface area contributed by atoms with Gasteiger partial charge in [-0.15, -0.1) is 0 Å². The normalized spacial score (nSPS) is 23.7. The second kappa shape index (κ2) is 10.2. The number of fused-ring (bicyclic) bond motifs is 1. The highest BCUT2D eigenvalue weighted by molar-refractivity contribution is 5.96. The van der Waals surface area contributed by atoms with Gasteiger partial charge in [-0.2, -0.15) is 4.98 Å². The first-order valence-electron chi connectivity index (χ1n) is 13.4. The van der Waals surface area contributed by atoms with Crippen LogP contribution in [-0.2, 0) is 4.79 Å². The summed E-state index contributed by atoms with van der Waals surface area (Å²) in [6.07, 6.45) is 16.6. The zero-order chi connectivity index (χ0) is 26.1. The summed E-state index contributed by atoms with van der Waals surface area (Å²) in [4.78, 5) is 32.7. The molecule has 0 bridgehead atoms. The Morgan fingerprint density at radius 1 is 1.18 bits per heavy atom. The monoisotopic (exact) mass is 517 g/mol. The van der Waals surface area contributed by atoms with Crippen molar-refractivity contribution in [3.63, 3.8) is 0 Å². The third-order valence-electron chi connectivity index (χ3n) is 7.89. The van der Waals surface area contributed by atoms with Gasteiger partial charge in [0.15, 0.2) is 5.82 Å². The maximum Gasteiger partial charge on any atom is 0.252 e. The molecule has 2 aromatic heterocycles. The molecule has 2 unspecified atom stereocenters. The minimum Gasteiger partial charge on any atom is -0.382 e. The first-order chi connectivity index (χ1) is 18.5. The van der Waals surface area contributed by atoms with Crippen molar-refractivity contribution < 1.29 is 4.79 Å². The summed E-state index contributed by atoms with van der Waals surface area (Å²) in [6, 6.07) is 0.0192. The molecule has 1 saturated heterocycles. The molecule has 0 aromatic carbocycles. The Kier molecular flexibility index (Phi) is 6.58. The van der Waals surface area contributed by atoms with E-state index in [1.165, 1.54) is 38.4 Å². The average Bonchev–Trinajstić information content (AvgIpc) is 3.63. The number of piperidine rings is 1. The van der Waals surface area contributed by atoms with Crippen LogP contribution < -0.4 is 31.7 Å². The van der Waals surface area contributed by atoms with Crippen LogP contribution in [0.2, 0.25) is 0 Å². The molecule has 38 heavy (non-hydrogen) atoms. The number of rotatable bonds is 8. The summed E-state index contributed by atoms with van der Waals surface area (Å²) < 4.78 is 0. The molecule has 4 aliphatic rings. The molecule has 0 radical (unpaired) electrons. The van der Waals surface area contributed by atoms with Crippen LogP contribution in [0, 0.1) is 0 Å². The number of likely N-dealkylation sites (tertiary alicyclic amines) is 1. The lowest BCUT2D eigenvalue weighted by atomic mass is 10.00. The molecule has 1 amide bonds. The molecule has 3 aliphatic heterocycles. The topological polar surface area (TPSA) is 135 Å². The number of nitrogens with one attached hydrogen (secondary N) is 5. The van der Waals surface area contributed by atoms with Gasteiger partial charge < -0.3 is 21.3 Å². The second-order valence-corrected chi connectivity index (χ2v) is 10.5. The van der Waals surface area contributed by atoms with Gasteiger partial charge in [-0.05, 0) is 45.2 Å². The summed E-state index contributed by atoms with van der Waals surface area (Å²) >= 11 is 0. The quantitative estimate of drug-likeness (QED) is 0.348. The summed E-state index contributed by atoms with van der Waals surface area (Å²) in [5.41, 5.74) is 6.96. The van der Waals surface area contributed by atoms with E-state index in [1.54, 1.807) is 24.8 Å². The SMILES string of the molecule is CC1NC=C(C(=O)NCCN2CCCCC23CC3)C=C1NC1NN(C)c2nc(Nc3cncnc3)ncc21. The average molecular weight is 518 g/mol. The van der Waals surface area contributed by atoms with Gasteiger partial charge in [0.05, 0.1) is 35.3 Å². The predicted octanol–water partition coefficient (Wildman–Crippen LogP) is 1.45. The minimum absolute atomic E-state index is 0.0192. The molecular weight excluding hydrogens is 482 g/mol. The van der Waals surface area contributed by atoms with Gasteiger partial charge in [-0.1, -0.05) is 6.42 Å². The van der Waals surface area contributed by atoms with E-state index in [2.05, 4.69) is 58.5 Å². The zero-order valence-electron chi connectivity index (χ0n) is 21.9. The molecule has 5 heterocycles. The molecule has 1 aliphatic carbocycles. The second-order valence-electron chi connectivity index (χ2n) is 10.5. The number of dihydropyridines is 1. The lowest BCUT2D eigenvalue weighted by Gasteiger charge is -2.36. The summed E-state index contributed by atoms with van der Waals surface area (Å²) in [5.74, 6) is 1.15. The fourth-order valence-electron chi connectivity index (χ4n) is 5.56. The Hall–Kier alpha value is -3.77. The number of hydrogen-bond donors (Lipinski definition) is 5. The number of hydrogen-bond acceptors (Lipinski definition) is 11. The van der Waals surface area contributed by atoms with Gasteiger partial charge in [0.25, 0.3) is 5.91 Å². The van der Waals surface area contributed by atoms with Crippen molar-refractivity contribution in [2.75, 3.05) is 37.0 Å².